The lowest BCUT2D eigenvalue weighted by atomic mass is 9.94. The average molecular weight is 784 g/mol. The topological polar surface area (TPSA) is 51.8 Å². The molecule has 5 heteroatoms. The highest BCUT2D eigenvalue weighted by Gasteiger charge is 2.22. The Bertz CT molecular complexity index is 3590. The van der Waals surface area contributed by atoms with Gasteiger partial charge in [0.2, 0.25) is 0 Å². The van der Waals surface area contributed by atoms with Crippen LogP contribution in [0.15, 0.2) is 205 Å². The average Bonchev–Trinajstić information content (AvgIpc) is 3.91. The molecule has 0 atom stereocenters. The predicted octanol–water partition coefficient (Wildman–Crippen LogP) is 15.3. The summed E-state index contributed by atoms with van der Waals surface area (Å²) in [7, 11) is 0. The zero-order valence-electron chi connectivity index (χ0n) is 32.2. The molecule has 60 heavy (non-hydrogen) atoms. The quantitative estimate of drug-likeness (QED) is 0.169. The molecule has 3 aromatic heterocycles. The second-order valence-electron chi connectivity index (χ2n) is 15.1. The normalized spacial score (nSPS) is 11.7. The standard InChI is InChI=1S/C55H33N3OS/c1-4-16-34(17-5-1)37-30-38(40-25-14-26-44-42-23-12-13-29-49(42)60-52(40)44)32-39(31-37)54-56-53(36-20-8-3-9-21-36)57-55(58-54)45-27-15-28-47-51(45)50-43-24-11-10-22-41(43)46(33-48(50)59-47)35-18-6-2-7-19-35/h1-33H. The number of fused-ring (bicyclic) bond motifs is 8. The first-order valence-electron chi connectivity index (χ1n) is 20.1. The highest BCUT2D eigenvalue weighted by molar-refractivity contribution is 7.26. The molecule has 0 radical (unpaired) electrons. The fourth-order valence-corrected chi connectivity index (χ4v) is 9.99. The lowest BCUT2D eigenvalue weighted by Crippen LogP contribution is -2.01. The number of hydrogen-bond acceptors (Lipinski definition) is 5. The molecule has 0 aliphatic heterocycles. The minimum absolute atomic E-state index is 0.585. The van der Waals surface area contributed by atoms with Crippen LogP contribution in [0, 0.1) is 0 Å². The van der Waals surface area contributed by atoms with E-state index in [-0.39, 0.29) is 0 Å². The minimum atomic E-state index is 0.585. The Morgan fingerprint density at radius 2 is 0.883 bits per heavy atom. The van der Waals surface area contributed by atoms with E-state index >= 15 is 0 Å². The first kappa shape index (κ1) is 34.3. The van der Waals surface area contributed by atoms with Crippen molar-refractivity contribution >= 4 is 64.2 Å². The Kier molecular flexibility index (Phi) is 8.00. The summed E-state index contributed by atoms with van der Waals surface area (Å²) >= 11 is 1.84. The Morgan fingerprint density at radius 1 is 0.317 bits per heavy atom. The Morgan fingerprint density at radius 3 is 1.67 bits per heavy atom. The highest BCUT2D eigenvalue weighted by atomic mass is 32.1. The van der Waals surface area contributed by atoms with Gasteiger partial charge in [0, 0.05) is 47.6 Å². The van der Waals surface area contributed by atoms with Gasteiger partial charge in [0.05, 0.1) is 0 Å². The van der Waals surface area contributed by atoms with Crippen LogP contribution < -0.4 is 0 Å². The van der Waals surface area contributed by atoms with Crippen molar-refractivity contribution in [1.82, 2.24) is 15.0 Å². The van der Waals surface area contributed by atoms with Crippen molar-refractivity contribution in [1.29, 1.82) is 0 Å². The molecule has 0 N–H and O–H groups in total. The lowest BCUT2D eigenvalue weighted by molar-refractivity contribution is 0.669. The summed E-state index contributed by atoms with van der Waals surface area (Å²) in [5.41, 5.74) is 11.1. The van der Waals surface area contributed by atoms with Crippen molar-refractivity contribution in [2.45, 2.75) is 0 Å². The molecule has 0 fully saturated rings. The molecular weight excluding hydrogens is 751 g/mol. The molecule has 0 saturated heterocycles. The molecular formula is C55H33N3OS. The van der Waals surface area contributed by atoms with E-state index in [1.807, 2.05) is 41.7 Å². The van der Waals surface area contributed by atoms with Gasteiger partial charge >= 0.3 is 0 Å². The molecule has 0 aliphatic carbocycles. The molecule has 4 nitrogen and oxygen atoms in total. The van der Waals surface area contributed by atoms with Gasteiger partial charge in [-0.3, -0.25) is 0 Å². The fourth-order valence-electron chi connectivity index (χ4n) is 8.75. The van der Waals surface area contributed by atoms with Crippen LogP contribution >= 0.6 is 11.3 Å². The van der Waals surface area contributed by atoms with Crippen LogP contribution in [0.2, 0.25) is 0 Å². The zero-order chi connectivity index (χ0) is 39.6. The fraction of sp³-hybridized carbons (Fsp3) is 0. The summed E-state index contributed by atoms with van der Waals surface area (Å²) in [5, 5.41) is 6.84. The Labute approximate surface area is 349 Å². The molecule has 12 aromatic rings. The maximum absolute atomic E-state index is 6.73. The van der Waals surface area contributed by atoms with E-state index in [2.05, 4.69) is 170 Å². The van der Waals surface area contributed by atoms with Crippen LogP contribution in [-0.2, 0) is 0 Å². The van der Waals surface area contributed by atoms with E-state index < -0.39 is 0 Å². The lowest BCUT2D eigenvalue weighted by Gasteiger charge is -2.13. The van der Waals surface area contributed by atoms with Gasteiger partial charge in [-0.05, 0) is 80.6 Å². The summed E-state index contributed by atoms with van der Waals surface area (Å²) in [4.78, 5) is 15.9. The van der Waals surface area contributed by atoms with Crippen molar-refractivity contribution in [3.8, 4) is 67.5 Å². The first-order valence-corrected chi connectivity index (χ1v) is 20.9. The molecule has 0 bridgehead atoms. The number of furan rings is 1. The monoisotopic (exact) mass is 783 g/mol. The molecule has 0 spiro atoms. The van der Waals surface area contributed by atoms with Gasteiger partial charge < -0.3 is 4.42 Å². The van der Waals surface area contributed by atoms with Crippen LogP contribution in [0.3, 0.4) is 0 Å². The highest BCUT2D eigenvalue weighted by Crippen LogP contribution is 2.45. The largest absolute Gasteiger partial charge is 0.456 e. The number of rotatable bonds is 6. The third-order valence-corrected chi connectivity index (χ3v) is 12.7. The summed E-state index contributed by atoms with van der Waals surface area (Å²) in [6.45, 7) is 0. The van der Waals surface area contributed by atoms with Crippen molar-refractivity contribution in [3.05, 3.63) is 200 Å². The zero-order valence-corrected chi connectivity index (χ0v) is 33.0. The van der Waals surface area contributed by atoms with E-state index in [1.165, 1.54) is 25.7 Å². The van der Waals surface area contributed by atoms with Crippen molar-refractivity contribution < 1.29 is 4.42 Å². The van der Waals surface area contributed by atoms with Crippen molar-refractivity contribution in [2.75, 3.05) is 0 Å². The number of aromatic nitrogens is 3. The maximum atomic E-state index is 6.73. The molecule has 280 valence electrons. The van der Waals surface area contributed by atoms with E-state index in [1.54, 1.807) is 0 Å². The van der Waals surface area contributed by atoms with Crippen LogP contribution in [0.4, 0.5) is 0 Å². The van der Waals surface area contributed by atoms with Crippen molar-refractivity contribution in [3.63, 3.8) is 0 Å². The summed E-state index contributed by atoms with van der Waals surface area (Å²) < 4.78 is 9.27. The Hall–Kier alpha value is -7.73. The summed E-state index contributed by atoms with van der Waals surface area (Å²) in [6, 6.07) is 70.3. The second-order valence-corrected chi connectivity index (χ2v) is 16.2. The van der Waals surface area contributed by atoms with Gasteiger partial charge in [0.15, 0.2) is 17.5 Å². The van der Waals surface area contributed by atoms with Gasteiger partial charge in [-0.25, -0.2) is 15.0 Å². The van der Waals surface area contributed by atoms with E-state index in [0.29, 0.717) is 17.5 Å². The third kappa shape index (κ3) is 5.70. The number of thiophene rings is 1. The molecule has 12 rings (SSSR count). The molecule has 9 aromatic carbocycles. The molecule has 0 amide bonds. The molecule has 0 aliphatic rings. The smallest absolute Gasteiger partial charge is 0.164 e. The van der Waals surface area contributed by atoms with Crippen LogP contribution in [-0.4, -0.2) is 15.0 Å². The second kappa shape index (κ2) is 14.0. The first-order chi connectivity index (χ1) is 29.7. The molecule has 0 unspecified atom stereocenters. The van der Waals surface area contributed by atoms with E-state index in [0.717, 1.165) is 77.2 Å². The van der Waals surface area contributed by atoms with Crippen molar-refractivity contribution in [2.24, 2.45) is 0 Å². The van der Waals surface area contributed by atoms with Gasteiger partial charge in [-0.1, -0.05) is 164 Å². The van der Waals surface area contributed by atoms with E-state index in [9.17, 15) is 0 Å². The van der Waals surface area contributed by atoms with Crippen LogP contribution in [0.5, 0.6) is 0 Å². The van der Waals surface area contributed by atoms with Gasteiger partial charge in [-0.15, -0.1) is 11.3 Å². The number of hydrogen-bond donors (Lipinski definition) is 0. The summed E-state index contributed by atoms with van der Waals surface area (Å²) in [5.74, 6) is 1.79. The number of benzene rings is 9. The van der Waals surface area contributed by atoms with Gasteiger partial charge in [0.25, 0.3) is 0 Å². The molecule has 3 heterocycles. The maximum Gasteiger partial charge on any atom is 0.164 e. The van der Waals surface area contributed by atoms with Gasteiger partial charge in [0.1, 0.15) is 11.2 Å². The van der Waals surface area contributed by atoms with Gasteiger partial charge in [-0.2, -0.15) is 0 Å². The summed E-state index contributed by atoms with van der Waals surface area (Å²) in [6.07, 6.45) is 0. The van der Waals surface area contributed by atoms with E-state index in [4.69, 9.17) is 19.4 Å². The van der Waals surface area contributed by atoms with Crippen LogP contribution in [0.25, 0.3) is 120 Å². The van der Waals surface area contributed by atoms with Crippen LogP contribution in [0.1, 0.15) is 0 Å². The third-order valence-electron chi connectivity index (χ3n) is 11.5. The minimum Gasteiger partial charge on any atom is -0.456 e. The SMILES string of the molecule is c1ccc(-c2cc(-c3nc(-c4ccccc4)nc(-c4cccc5oc6cc(-c7ccccc7)c7ccccc7c6c45)n3)cc(-c3cccc4c3sc3ccccc34)c2)cc1. The predicted molar refractivity (Wildman–Crippen MR) is 250 cm³/mol. The number of nitrogens with zero attached hydrogens (tertiary/aromatic N) is 3. The molecule has 0 saturated carbocycles. The Balaban J connectivity index is 1.12.